The molecule has 2 fully saturated rings. The summed E-state index contributed by atoms with van der Waals surface area (Å²) in [4.78, 5) is 27.6. The Bertz CT molecular complexity index is 826. The molecule has 0 N–H and O–H groups in total. The van der Waals surface area contributed by atoms with Crippen LogP contribution in [-0.2, 0) is 27.4 Å². The van der Waals surface area contributed by atoms with Crippen molar-refractivity contribution in [3.8, 4) is 0 Å². The van der Waals surface area contributed by atoms with Crippen molar-refractivity contribution in [2.24, 2.45) is 5.92 Å². The Morgan fingerprint density at radius 2 is 1.71 bits per heavy atom. The van der Waals surface area contributed by atoms with Crippen LogP contribution < -0.4 is 0 Å². The zero-order valence-electron chi connectivity index (χ0n) is 16.0. The third-order valence-corrected chi connectivity index (χ3v) is 6.88. The summed E-state index contributed by atoms with van der Waals surface area (Å²) in [5.74, 6) is 0.721. The third kappa shape index (κ3) is 3.68. The predicted molar refractivity (Wildman–Crippen MR) is 111 cm³/mol. The van der Waals surface area contributed by atoms with Gasteiger partial charge in [0.2, 0.25) is 5.91 Å². The Labute approximate surface area is 170 Å². The van der Waals surface area contributed by atoms with E-state index in [-0.39, 0.29) is 35.7 Å². The van der Waals surface area contributed by atoms with Crippen molar-refractivity contribution in [2.75, 3.05) is 5.75 Å². The molecule has 4 nitrogen and oxygen atoms in total. The third-order valence-electron chi connectivity index (χ3n) is 5.66. The van der Waals surface area contributed by atoms with Crippen LogP contribution in [0.4, 0.5) is 0 Å². The lowest BCUT2D eigenvalue weighted by Gasteiger charge is -2.45. The van der Waals surface area contributed by atoms with Crippen LogP contribution in [0.15, 0.2) is 60.7 Å². The lowest BCUT2D eigenvalue weighted by molar-refractivity contribution is -0.167. The Morgan fingerprint density at radius 3 is 2.36 bits per heavy atom. The maximum atomic E-state index is 12.9. The van der Waals surface area contributed by atoms with Gasteiger partial charge in [-0.3, -0.25) is 4.79 Å². The monoisotopic (exact) mass is 395 g/mol. The van der Waals surface area contributed by atoms with E-state index >= 15 is 0 Å². The van der Waals surface area contributed by atoms with Crippen molar-refractivity contribution in [1.82, 2.24) is 4.90 Å². The van der Waals surface area contributed by atoms with E-state index in [0.717, 1.165) is 24.2 Å². The van der Waals surface area contributed by atoms with Gasteiger partial charge in [0.15, 0.2) is 0 Å². The van der Waals surface area contributed by atoms with Crippen LogP contribution in [0.2, 0.25) is 0 Å². The second-order valence-corrected chi connectivity index (χ2v) is 8.89. The molecule has 2 saturated heterocycles. The van der Waals surface area contributed by atoms with Crippen LogP contribution in [0.5, 0.6) is 0 Å². The second-order valence-electron chi connectivity index (χ2n) is 7.38. The molecule has 4 atom stereocenters. The van der Waals surface area contributed by atoms with Crippen molar-refractivity contribution in [3.63, 3.8) is 0 Å². The number of carbonyl (C=O) groups is 2. The quantitative estimate of drug-likeness (QED) is 0.530. The molecule has 2 aromatic rings. The van der Waals surface area contributed by atoms with Crippen molar-refractivity contribution >= 4 is 23.6 Å². The van der Waals surface area contributed by atoms with E-state index in [1.54, 1.807) is 16.7 Å². The molecule has 4 rings (SSSR count). The van der Waals surface area contributed by atoms with Crippen molar-refractivity contribution < 1.29 is 14.3 Å². The molecule has 4 unspecified atom stereocenters. The Hall–Kier alpha value is -2.27. The number of benzene rings is 2. The predicted octanol–water partition coefficient (Wildman–Crippen LogP) is 3.69. The first kappa shape index (κ1) is 19.1. The highest BCUT2D eigenvalue weighted by atomic mass is 32.2. The van der Waals surface area contributed by atoms with Crippen LogP contribution >= 0.6 is 11.8 Å². The summed E-state index contributed by atoms with van der Waals surface area (Å²) in [6.45, 7) is 2.34. The van der Waals surface area contributed by atoms with Crippen LogP contribution in [0.1, 0.15) is 24.5 Å². The van der Waals surface area contributed by atoms with Crippen molar-refractivity contribution in [2.45, 2.75) is 43.7 Å². The molecule has 1 amide bonds. The van der Waals surface area contributed by atoms with E-state index in [1.807, 2.05) is 48.5 Å². The summed E-state index contributed by atoms with van der Waals surface area (Å²) in [7, 11) is 0. The van der Waals surface area contributed by atoms with Crippen LogP contribution in [0.3, 0.4) is 0 Å². The number of hydrogen-bond donors (Lipinski definition) is 0. The molecule has 2 heterocycles. The first-order chi connectivity index (χ1) is 13.7. The molecule has 2 aliphatic rings. The van der Waals surface area contributed by atoms with Gasteiger partial charge in [0, 0.05) is 11.3 Å². The fourth-order valence-electron chi connectivity index (χ4n) is 4.34. The maximum absolute atomic E-state index is 12.9. The molecule has 0 radical (unpaired) electrons. The normalized spacial score (nSPS) is 25.9. The zero-order chi connectivity index (χ0) is 19.5. The van der Waals surface area contributed by atoms with E-state index in [4.69, 9.17) is 4.74 Å². The largest absolute Gasteiger partial charge is 0.459 e. The number of ether oxygens (including phenoxy) is 1. The smallest absolute Gasteiger partial charge is 0.330 e. The van der Waals surface area contributed by atoms with Gasteiger partial charge in [-0.15, -0.1) is 0 Å². The molecule has 146 valence electrons. The van der Waals surface area contributed by atoms with Gasteiger partial charge in [0.25, 0.3) is 0 Å². The fourth-order valence-corrected chi connectivity index (χ4v) is 5.53. The van der Waals surface area contributed by atoms with E-state index in [2.05, 4.69) is 19.1 Å². The van der Waals surface area contributed by atoms with E-state index < -0.39 is 6.04 Å². The summed E-state index contributed by atoms with van der Waals surface area (Å²) >= 11 is 1.76. The lowest BCUT2D eigenvalue weighted by atomic mass is 9.83. The minimum absolute atomic E-state index is 0.0192. The number of carbonyl (C=O) groups excluding carboxylic acids is 2. The van der Waals surface area contributed by atoms with Gasteiger partial charge in [-0.25, -0.2) is 4.79 Å². The average molecular weight is 396 g/mol. The summed E-state index contributed by atoms with van der Waals surface area (Å²) in [5.41, 5.74) is 2.14. The minimum Gasteiger partial charge on any atom is -0.459 e. The van der Waals surface area contributed by atoms with Crippen molar-refractivity contribution in [3.05, 3.63) is 71.8 Å². The van der Waals surface area contributed by atoms with E-state index in [9.17, 15) is 9.59 Å². The first-order valence-corrected chi connectivity index (χ1v) is 10.9. The number of nitrogens with zero attached hydrogens (tertiary/aromatic N) is 1. The Balaban J connectivity index is 1.44. The number of thioether (sulfide) groups is 1. The van der Waals surface area contributed by atoms with Crippen LogP contribution in [-0.4, -0.2) is 39.9 Å². The molecule has 28 heavy (non-hydrogen) atoms. The topological polar surface area (TPSA) is 46.6 Å². The summed E-state index contributed by atoms with van der Waals surface area (Å²) in [6, 6.07) is 19.5. The van der Waals surface area contributed by atoms with Crippen LogP contribution in [0.25, 0.3) is 0 Å². The SMILES string of the molecule is CCSC1CC2C(Cc3ccccc3)C(=O)N2C1C(=O)OCc1ccccc1. The summed E-state index contributed by atoms with van der Waals surface area (Å²) in [5, 5.41) is 0.114. The standard InChI is InChI=1S/C23H25NO3S/c1-2-28-20-14-19-18(13-16-9-5-3-6-10-16)22(25)24(19)21(20)23(26)27-15-17-11-7-4-8-12-17/h3-12,18-21H,2,13-15H2,1H3. The second kappa shape index (κ2) is 8.39. The van der Waals surface area contributed by atoms with Gasteiger partial charge in [-0.05, 0) is 29.7 Å². The number of amides is 1. The van der Waals surface area contributed by atoms with Gasteiger partial charge in [0.1, 0.15) is 12.6 Å². The van der Waals surface area contributed by atoms with Gasteiger partial charge in [0.05, 0.1) is 5.92 Å². The van der Waals surface area contributed by atoms with Gasteiger partial charge >= 0.3 is 5.97 Å². The Kier molecular flexibility index (Phi) is 5.72. The van der Waals surface area contributed by atoms with Crippen molar-refractivity contribution in [1.29, 1.82) is 0 Å². The lowest BCUT2D eigenvalue weighted by Crippen LogP contribution is -2.62. The molecule has 0 aliphatic carbocycles. The molecular formula is C23H25NO3S. The maximum Gasteiger partial charge on any atom is 0.330 e. The molecule has 5 heteroatoms. The molecule has 0 bridgehead atoms. The fraction of sp³-hybridized carbons (Fsp3) is 0.391. The molecule has 0 saturated carbocycles. The van der Waals surface area contributed by atoms with Crippen LogP contribution in [0, 0.1) is 5.92 Å². The van der Waals surface area contributed by atoms with E-state index in [1.165, 1.54) is 5.56 Å². The molecule has 2 aliphatic heterocycles. The number of fused-ring (bicyclic) bond motifs is 1. The average Bonchev–Trinajstić information content (AvgIpc) is 3.07. The number of esters is 1. The Morgan fingerprint density at radius 1 is 1.07 bits per heavy atom. The molecule has 2 aromatic carbocycles. The van der Waals surface area contributed by atoms with Gasteiger partial charge in [-0.1, -0.05) is 67.6 Å². The molecular weight excluding hydrogens is 370 g/mol. The van der Waals surface area contributed by atoms with E-state index in [0.29, 0.717) is 0 Å². The summed E-state index contributed by atoms with van der Waals surface area (Å²) < 4.78 is 5.60. The number of hydrogen-bond acceptors (Lipinski definition) is 4. The summed E-state index contributed by atoms with van der Waals surface area (Å²) in [6.07, 6.45) is 1.61. The first-order valence-electron chi connectivity index (χ1n) is 9.87. The zero-order valence-corrected chi connectivity index (χ0v) is 16.8. The molecule has 0 aromatic heterocycles. The number of β-lactam (4-membered cyclic amide) rings is 1. The highest BCUT2D eigenvalue weighted by Gasteiger charge is 2.59. The highest BCUT2D eigenvalue weighted by molar-refractivity contribution is 7.99. The molecule has 0 spiro atoms. The van der Waals surface area contributed by atoms with Gasteiger partial charge < -0.3 is 9.64 Å². The minimum atomic E-state index is -0.460. The highest BCUT2D eigenvalue weighted by Crippen LogP contribution is 2.45. The van der Waals surface area contributed by atoms with Gasteiger partial charge in [-0.2, -0.15) is 11.8 Å². The number of rotatable bonds is 7.